The fraction of sp³-hybridized carbons (Fsp3) is 0.0714. The van der Waals surface area contributed by atoms with E-state index in [2.05, 4.69) is 21.0 Å². The van der Waals surface area contributed by atoms with Crippen LogP contribution in [0.4, 0.5) is 16.3 Å². The summed E-state index contributed by atoms with van der Waals surface area (Å²) in [6, 6.07) is 22.7. The first kappa shape index (κ1) is 25.3. The number of primary amides is 1. The van der Waals surface area contributed by atoms with E-state index < -0.39 is 6.03 Å². The molecular formula is C28H26BN7O3. The molecule has 5 rings (SSSR count). The topological polar surface area (TPSA) is 147 Å². The van der Waals surface area contributed by atoms with E-state index in [0.29, 0.717) is 41.2 Å². The number of fused-ring (bicyclic) bond motifs is 1. The molecule has 0 aliphatic carbocycles. The summed E-state index contributed by atoms with van der Waals surface area (Å²) in [5, 5.41) is 23.6. The van der Waals surface area contributed by atoms with Gasteiger partial charge in [0.15, 0.2) is 5.65 Å². The van der Waals surface area contributed by atoms with Gasteiger partial charge in [-0.05, 0) is 46.9 Å². The molecule has 11 heteroatoms. The molecule has 0 aliphatic rings. The third-order valence-electron chi connectivity index (χ3n) is 6.17. The van der Waals surface area contributed by atoms with Gasteiger partial charge in [0.25, 0.3) is 5.91 Å². The molecule has 5 aromatic rings. The number of nitrogens with zero attached hydrogens (tertiary/aromatic N) is 3. The molecule has 3 aromatic carbocycles. The van der Waals surface area contributed by atoms with E-state index in [1.54, 1.807) is 47.1 Å². The van der Waals surface area contributed by atoms with E-state index in [-0.39, 0.29) is 11.7 Å². The van der Waals surface area contributed by atoms with Crippen molar-refractivity contribution < 1.29 is 14.7 Å². The van der Waals surface area contributed by atoms with Gasteiger partial charge in [-0.1, -0.05) is 42.5 Å². The van der Waals surface area contributed by atoms with Gasteiger partial charge in [-0.2, -0.15) is 9.61 Å². The maximum absolute atomic E-state index is 12.5. The van der Waals surface area contributed by atoms with Crippen LogP contribution in [0, 0.1) is 0 Å². The molecule has 0 fully saturated rings. The molecule has 2 aromatic heterocycles. The Labute approximate surface area is 225 Å². The molecule has 0 unspecified atom stereocenters. The smallest absolute Gasteiger partial charge is 0.316 e. The van der Waals surface area contributed by atoms with Gasteiger partial charge >= 0.3 is 6.03 Å². The second kappa shape index (κ2) is 11.0. The summed E-state index contributed by atoms with van der Waals surface area (Å²) in [6.45, 7) is 0.881. The highest BCUT2D eigenvalue weighted by Gasteiger charge is 2.13. The summed E-state index contributed by atoms with van der Waals surface area (Å²) in [5.41, 5.74) is 10.9. The van der Waals surface area contributed by atoms with Crippen LogP contribution in [-0.2, 0) is 13.1 Å². The van der Waals surface area contributed by atoms with E-state index in [9.17, 15) is 14.7 Å². The zero-order valence-electron chi connectivity index (χ0n) is 21.2. The molecule has 0 radical (unpaired) electrons. The quantitative estimate of drug-likeness (QED) is 0.199. The Bertz CT molecular complexity index is 1670. The summed E-state index contributed by atoms with van der Waals surface area (Å²) in [5.74, 6) is 0.649. The molecule has 2 heterocycles. The van der Waals surface area contributed by atoms with Crippen LogP contribution in [0.3, 0.4) is 0 Å². The number of rotatable bonds is 8. The van der Waals surface area contributed by atoms with Gasteiger partial charge in [-0.15, -0.1) is 0 Å². The highest BCUT2D eigenvalue weighted by molar-refractivity contribution is 6.36. The minimum absolute atomic E-state index is 0.162. The third-order valence-corrected chi connectivity index (χ3v) is 6.17. The molecule has 0 saturated carbocycles. The molecule has 10 nitrogen and oxygen atoms in total. The number of phenols is 1. The predicted octanol–water partition coefficient (Wildman–Crippen LogP) is 2.39. The van der Waals surface area contributed by atoms with Crippen molar-refractivity contribution in [2.24, 2.45) is 5.73 Å². The Kier molecular flexibility index (Phi) is 7.13. The van der Waals surface area contributed by atoms with Crippen molar-refractivity contribution in [3.63, 3.8) is 0 Å². The van der Waals surface area contributed by atoms with Crippen molar-refractivity contribution in [1.29, 1.82) is 0 Å². The second-order valence-electron chi connectivity index (χ2n) is 9.03. The number of nitrogens with two attached hydrogens (primary N) is 1. The minimum atomic E-state index is -0.689. The van der Waals surface area contributed by atoms with Gasteiger partial charge in [0.1, 0.15) is 19.4 Å². The van der Waals surface area contributed by atoms with Crippen LogP contribution in [-0.4, -0.2) is 39.5 Å². The number of hydrogen-bond acceptors (Lipinski definition) is 6. The molecule has 0 aliphatic heterocycles. The van der Waals surface area contributed by atoms with Crippen molar-refractivity contribution in [2.45, 2.75) is 13.1 Å². The molecule has 0 atom stereocenters. The summed E-state index contributed by atoms with van der Waals surface area (Å²) < 4.78 is 1.75. The third kappa shape index (κ3) is 5.83. The number of anilines is 2. The molecular weight excluding hydrogens is 493 g/mol. The zero-order chi connectivity index (χ0) is 27.4. The van der Waals surface area contributed by atoms with Gasteiger partial charge in [-0.25, -0.2) is 9.78 Å². The van der Waals surface area contributed by atoms with Crippen LogP contribution >= 0.6 is 0 Å². The number of urea groups is 1. The number of hydrogen-bond donors (Lipinski definition) is 5. The monoisotopic (exact) mass is 519 g/mol. The second-order valence-corrected chi connectivity index (χ2v) is 9.03. The maximum Gasteiger partial charge on any atom is 0.316 e. The Morgan fingerprint density at radius 3 is 2.44 bits per heavy atom. The predicted molar refractivity (Wildman–Crippen MR) is 153 cm³/mol. The summed E-state index contributed by atoms with van der Waals surface area (Å²) >= 11 is 0. The molecule has 0 saturated heterocycles. The van der Waals surface area contributed by atoms with E-state index in [4.69, 9.17) is 10.7 Å². The average molecular weight is 519 g/mol. The van der Waals surface area contributed by atoms with Crippen molar-refractivity contribution in [3.8, 4) is 17.0 Å². The Morgan fingerprint density at radius 1 is 0.949 bits per heavy atom. The molecule has 39 heavy (non-hydrogen) atoms. The highest BCUT2D eigenvalue weighted by atomic mass is 16.3. The number of carbonyl (C=O) groups is 2. The average Bonchev–Trinajstić information content (AvgIpc) is 3.31. The number of nitrogens with one attached hydrogen (secondary N) is 3. The molecule has 0 bridgehead atoms. The largest absolute Gasteiger partial charge is 0.507 e. The van der Waals surface area contributed by atoms with Gasteiger partial charge in [-0.3, -0.25) is 4.79 Å². The number of aromatic nitrogens is 3. The molecule has 6 N–H and O–H groups in total. The first-order valence-electron chi connectivity index (χ1n) is 12.3. The lowest BCUT2D eigenvalue weighted by Crippen LogP contribution is -2.23. The first-order valence-corrected chi connectivity index (χ1v) is 12.3. The minimum Gasteiger partial charge on any atom is -0.507 e. The van der Waals surface area contributed by atoms with Gasteiger partial charge in [0, 0.05) is 42.2 Å². The first-order chi connectivity index (χ1) is 18.9. The van der Waals surface area contributed by atoms with E-state index in [1.807, 2.05) is 50.3 Å². The number of para-hydroxylation sites is 1. The van der Waals surface area contributed by atoms with E-state index in [0.717, 1.165) is 22.4 Å². The lowest BCUT2D eigenvalue weighted by Gasteiger charge is -2.12. The van der Waals surface area contributed by atoms with Gasteiger partial charge < -0.3 is 26.8 Å². The van der Waals surface area contributed by atoms with Crippen LogP contribution < -0.4 is 27.1 Å². The number of aromatic hydroxyl groups is 1. The Balaban J connectivity index is 1.25. The van der Waals surface area contributed by atoms with Crippen LogP contribution in [0.5, 0.6) is 5.75 Å². The fourth-order valence-corrected chi connectivity index (χ4v) is 4.16. The summed E-state index contributed by atoms with van der Waals surface area (Å²) in [4.78, 5) is 28.3. The van der Waals surface area contributed by atoms with Crippen molar-refractivity contribution in [1.82, 2.24) is 19.9 Å². The highest BCUT2D eigenvalue weighted by Crippen LogP contribution is 2.29. The van der Waals surface area contributed by atoms with E-state index in [1.165, 1.54) is 0 Å². The zero-order valence-corrected chi connectivity index (χ0v) is 21.2. The number of carbonyl (C=O) groups excluding carboxylic acids is 2. The van der Waals surface area contributed by atoms with Crippen LogP contribution in [0.2, 0.25) is 0 Å². The van der Waals surface area contributed by atoms with Gasteiger partial charge in [0.2, 0.25) is 0 Å². The van der Waals surface area contributed by atoms with E-state index >= 15 is 0 Å². The number of phenolic OH excluding ortho intramolecular Hbond substituents is 1. The van der Waals surface area contributed by atoms with Gasteiger partial charge in [0.05, 0.1) is 5.69 Å². The molecule has 194 valence electrons. The van der Waals surface area contributed by atoms with Crippen molar-refractivity contribution >= 4 is 42.4 Å². The lowest BCUT2D eigenvalue weighted by molar-refractivity contribution is 0.0951. The van der Waals surface area contributed by atoms with Crippen LogP contribution in [0.25, 0.3) is 16.9 Å². The van der Waals surface area contributed by atoms with Crippen molar-refractivity contribution in [2.75, 3.05) is 10.6 Å². The van der Waals surface area contributed by atoms with Crippen molar-refractivity contribution in [3.05, 3.63) is 102 Å². The fourth-order valence-electron chi connectivity index (χ4n) is 4.16. The summed E-state index contributed by atoms with van der Waals surface area (Å²) in [7, 11) is 1.94. The standard InChI is InChI=1S/C28H26BN7O3/c29-22-16-33-36-25(13-23(35-26(22)36)21-6-1-2-7-24(21)37)31-14-17-8-10-18(11-9-17)15-32-27(38)19-4-3-5-20(12-19)34-28(30)39/h1-13,16,31,37H,14-15,29H2,(H,32,38)(H3,30,34,39). The normalized spacial score (nSPS) is 10.8. The lowest BCUT2D eigenvalue weighted by atomic mass is 10.0. The SMILES string of the molecule is Bc1cnn2c(NCc3ccc(CNC(=O)c4cccc(NC(N)=O)c4)cc3)cc(-c3ccccc3O)nc12. The number of amides is 3. The van der Waals surface area contributed by atoms with Crippen LogP contribution in [0.1, 0.15) is 21.5 Å². The molecule has 0 spiro atoms. The van der Waals surface area contributed by atoms with Crippen LogP contribution in [0.15, 0.2) is 85.1 Å². The number of benzene rings is 3. The maximum atomic E-state index is 12.5. The molecule has 3 amide bonds. The Morgan fingerprint density at radius 2 is 1.69 bits per heavy atom. The Hall–Kier alpha value is -5.32. The summed E-state index contributed by atoms with van der Waals surface area (Å²) in [6.07, 6.45) is 1.76.